The number of halogens is 2. The van der Waals surface area contributed by atoms with Crippen LogP contribution in [0.5, 0.6) is 5.75 Å². The summed E-state index contributed by atoms with van der Waals surface area (Å²) in [7, 11) is 1.62. The first-order chi connectivity index (χ1) is 14.1. The fourth-order valence-corrected chi connectivity index (χ4v) is 3.55. The molecule has 0 radical (unpaired) electrons. The minimum absolute atomic E-state index is 0.140. The van der Waals surface area contributed by atoms with Crippen LogP contribution in [0, 0.1) is 0 Å². The van der Waals surface area contributed by atoms with Gasteiger partial charge in [-0.25, -0.2) is 0 Å². The Morgan fingerprint density at radius 1 is 0.897 bits per heavy atom. The van der Waals surface area contributed by atoms with Crippen molar-refractivity contribution in [2.75, 3.05) is 12.0 Å². The van der Waals surface area contributed by atoms with Gasteiger partial charge in [0, 0.05) is 10.6 Å². The van der Waals surface area contributed by atoms with Crippen molar-refractivity contribution >= 4 is 46.6 Å². The van der Waals surface area contributed by atoms with Crippen molar-refractivity contribution in [3.8, 4) is 5.75 Å². The molecule has 29 heavy (non-hydrogen) atoms. The zero-order valence-electron chi connectivity index (χ0n) is 15.6. The standard InChI is InChI=1S/C24H17Cl2NO2/c1-29-20-12-6-16(7-13-20)14-18-15-23(17-8-10-19(25)11-9-17)27(24(18)28)22-5-3-2-4-21(22)26/h2-15H,1H3/b18-14-. The second-order valence-electron chi connectivity index (χ2n) is 6.50. The SMILES string of the molecule is COc1ccc(/C=C2/C=C(c3ccc(Cl)cc3)N(c3ccccc3Cl)C2=O)cc1. The van der Waals surface area contributed by atoms with E-state index in [0.29, 0.717) is 21.3 Å². The van der Waals surface area contributed by atoms with Crippen LogP contribution < -0.4 is 9.64 Å². The van der Waals surface area contributed by atoms with Crippen LogP contribution in [-0.2, 0) is 4.79 Å². The van der Waals surface area contributed by atoms with Crippen molar-refractivity contribution in [2.24, 2.45) is 0 Å². The molecule has 0 bridgehead atoms. The van der Waals surface area contributed by atoms with Gasteiger partial charge in [0.1, 0.15) is 5.75 Å². The van der Waals surface area contributed by atoms with Crippen LogP contribution in [0.15, 0.2) is 84.4 Å². The molecular formula is C24H17Cl2NO2. The normalized spacial score (nSPS) is 15.0. The van der Waals surface area contributed by atoms with E-state index in [1.807, 2.05) is 66.7 Å². The number of para-hydroxylation sites is 1. The van der Waals surface area contributed by atoms with E-state index in [0.717, 1.165) is 22.6 Å². The van der Waals surface area contributed by atoms with E-state index in [1.54, 1.807) is 30.2 Å². The third-order valence-corrected chi connectivity index (χ3v) is 5.23. The average Bonchev–Trinajstić information content (AvgIpc) is 3.05. The highest BCUT2D eigenvalue weighted by molar-refractivity contribution is 6.35. The molecule has 0 saturated carbocycles. The number of rotatable bonds is 4. The van der Waals surface area contributed by atoms with Gasteiger partial charge >= 0.3 is 0 Å². The summed E-state index contributed by atoms with van der Waals surface area (Å²) in [6, 6.07) is 22.2. The zero-order chi connectivity index (χ0) is 20.4. The number of carbonyl (C=O) groups is 1. The highest BCUT2D eigenvalue weighted by atomic mass is 35.5. The Morgan fingerprint density at radius 3 is 2.24 bits per heavy atom. The van der Waals surface area contributed by atoms with Crippen molar-refractivity contribution in [1.29, 1.82) is 0 Å². The van der Waals surface area contributed by atoms with Gasteiger partial charge in [0.05, 0.1) is 23.5 Å². The lowest BCUT2D eigenvalue weighted by atomic mass is 10.1. The third kappa shape index (κ3) is 3.93. The lowest BCUT2D eigenvalue weighted by Crippen LogP contribution is -2.25. The van der Waals surface area contributed by atoms with E-state index < -0.39 is 0 Å². The predicted octanol–water partition coefficient (Wildman–Crippen LogP) is 6.47. The highest BCUT2D eigenvalue weighted by Gasteiger charge is 2.31. The monoisotopic (exact) mass is 421 g/mol. The number of hydrogen-bond acceptors (Lipinski definition) is 2. The number of hydrogen-bond donors (Lipinski definition) is 0. The largest absolute Gasteiger partial charge is 0.497 e. The van der Waals surface area contributed by atoms with Gasteiger partial charge < -0.3 is 4.74 Å². The van der Waals surface area contributed by atoms with Gasteiger partial charge in [-0.3, -0.25) is 9.69 Å². The van der Waals surface area contributed by atoms with Gasteiger partial charge in [-0.15, -0.1) is 0 Å². The number of amides is 1. The van der Waals surface area contributed by atoms with Gasteiger partial charge in [-0.1, -0.05) is 59.6 Å². The molecule has 0 atom stereocenters. The van der Waals surface area contributed by atoms with E-state index in [4.69, 9.17) is 27.9 Å². The molecule has 144 valence electrons. The van der Waals surface area contributed by atoms with E-state index in [2.05, 4.69) is 0 Å². The van der Waals surface area contributed by atoms with Crippen LogP contribution in [0.2, 0.25) is 10.0 Å². The maximum Gasteiger partial charge on any atom is 0.262 e. The predicted molar refractivity (Wildman–Crippen MR) is 119 cm³/mol. The molecule has 0 aromatic heterocycles. The number of anilines is 1. The van der Waals surface area contributed by atoms with Crippen molar-refractivity contribution in [3.05, 3.63) is 106 Å². The lowest BCUT2D eigenvalue weighted by Gasteiger charge is -2.22. The quantitative estimate of drug-likeness (QED) is 0.451. The average molecular weight is 422 g/mol. The van der Waals surface area contributed by atoms with Crippen LogP contribution >= 0.6 is 23.2 Å². The summed E-state index contributed by atoms with van der Waals surface area (Å²) in [4.78, 5) is 15.0. The van der Waals surface area contributed by atoms with Gasteiger partial charge in [0.2, 0.25) is 0 Å². The first kappa shape index (κ1) is 19.3. The molecule has 3 nitrogen and oxygen atoms in total. The summed E-state index contributed by atoms with van der Waals surface area (Å²) in [5, 5.41) is 1.14. The van der Waals surface area contributed by atoms with Crippen LogP contribution in [0.4, 0.5) is 5.69 Å². The maximum absolute atomic E-state index is 13.3. The Labute approximate surface area is 179 Å². The van der Waals surface area contributed by atoms with Gasteiger partial charge in [-0.2, -0.15) is 0 Å². The molecular weight excluding hydrogens is 405 g/mol. The Balaban J connectivity index is 1.81. The maximum atomic E-state index is 13.3. The van der Waals surface area contributed by atoms with Crippen LogP contribution in [-0.4, -0.2) is 13.0 Å². The van der Waals surface area contributed by atoms with Crippen LogP contribution in [0.25, 0.3) is 11.8 Å². The van der Waals surface area contributed by atoms with Crippen molar-refractivity contribution in [1.82, 2.24) is 0 Å². The highest BCUT2D eigenvalue weighted by Crippen LogP contribution is 2.38. The number of methoxy groups -OCH3 is 1. The Bertz CT molecular complexity index is 1120. The second-order valence-corrected chi connectivity index (χ2v) is 7.34. The molecule has 0 aliphatic carbocycles. The summed E-state index contributed by atoms with van der Waals surface area (Å²) in [6.45, 7) is 0. The van der Waals surface area contributed by atoms with Crippen LogP contribution in [0.1, 0.15) is 11.1 Å². The van der Waals surface area contributed by atoms with E-state index >= 15 is 0 Å². The fourth-order valence-electron chi connectivity index (χ4n) is 3.20. The van der Waals surface area contributed by atoms with Gasteiger partial charge in [0.25, 0.3) is 5.91 Å². The Hall–Kier alpha value is -3.01. The topological polar surface area (TPSA) is 29.5 Å². The molecule has 1 aliphatic rings. The fraction of sp³-hybridized carbons (Fsp3) is 0.0417. The minimum Gasteiger partial charge on any atom is -0.497 e. The molecule has 3 aromatic rings. The first-order valence-corrected chi connectivity index (χ1v) is 9.75. The van der Waals surface area contributed by atoms with Crippen molar-refractivity contribution < 1.29 is 9.53 Å². The first-order valence-electron chi connectivity index (χ1n) is 8.99. The number of ether oxygens (including phenoxy) is 1. The summed E-state index contributed by atoms with van der Waals surface area (Å²) < 4.78 is 5.20. The molecule has 1 amide bonds. The third-order valence-electron chi connectivity index (χ3n) is 4.65. The number of nitrogens with zero attached hydrogens (tertiary/aromatic N) is 1. The summed E-state index contributed by atoms with van der Waals surface area (Å²) in [6.07, 6.45) is 3.73. The molecule has 5 heteroatoms. The minimum atomic E-state index is -0.140. The number of carbonyl (C=O) groups excluding carboxylic acids is 1. The smallest absolute Gasteiger partial charge is 0.262 e. The molecule has 0 fully saturated rings. The molecule has 3 aromatic carbocycles. The van der Waals surface area contributed by atoms with Gasteiger partial charge in [0.15, 0.2) is 0 Å². The zero-order valence-corrected chi connectivity index (χ0v) is 17.1. The van der Waals surface area contributed by atoms with E-state index in [9.17, 15) is 4.79 Å². The summed E-state index contributed by atoms with van der Waals surface area (Å²) >= 11 is 12.5. The molecule has 1 heterocycles. The molecule has 1 aliphatic heterocycles. The Morgan fingerprint density at radius 2 is 1.59 bits per heavy atom. The molecule has 0 unspecified atom stereocenters. The molecule has 0 saturated heterocycles. The van der Waals surface area contributed by atoms with E-state index in [-0.39, 0.29) is 5.91 Å². The molecule has 4 rings (SSSR count). The summed E-state index contributed by atoms with van der Waals surface area (Å²) in [5.41, 5.74) is 3.74. The van der Waals surface area contributed by atoms with Crippen molar-refractivity contribution in [2.45, 2.75) is 0 Å². The lowest BCUT2D eigenvalue weighted by molar-refractivity contribution is -0.113. The Kier molecular flexibility index (Phi) is 5.43. The second kappa shape index (κ2) is 8.16. The molecule has 0 spiro atoms. The van der Waals surface area contributed by atoms with Crippen molar-refractivity contribution in [3.63, 3.8) is 0 Å². The summed E-state index contributed by atoms with van der Waals surface area (Å²) in [5.74, 6) is 0.624. The molecule has 0 N–H and O–H groups in total. The van der Waals surface area contributed by atoms with Crippen LogP contribution in [0.3, 0.4) is 0 Å². The van der Waals surface area contributed by atoms with Gasteiger partial charge in [-0.05, 0) is 59.7 Å². The number of benzene rings is 3. The van der Waals surface area contributed by atoms with E-state index in [1.165, 1.54) is 0 Å².